The molecule has 1 atom stereocenters. The van der Waals surface area contributed by atoms with E-state index in [4.69, 9.17) is 10.8 Å². The molecule has 1 aromatic heterocycles. The predicted molar refractivity (Wildman–Crippen MR) is 48.3 cm³/mol. The summed E-state index contributed by atoms with van der Waals surface area (Å²) in [5.41, 5.74) is 6.08. The molecular weight excluding hydrogens is 168 g/mol. The number of hydrogen-bond donors (Lipinski definition) is 2. The summed E-state index contributed by atoms with van der Waals surface area (Å²) in [6.45, 7) is 0.374. The zero-order valence-corrected chi connectivity index (χ0v) is 7.18. The molecule has 0 amide bonds. The van der Waals surface area contributed by atoms with E-state index in [0.717, 1.165) is 5.56 Å². The van der Waals surface area contributed by atoms with E-state index in [2.05, 4.69) is 4.98 Å². The first-order valence-corrected chi connectivity index (χ1v) is 4.08. The van der Waals surface area contributed by atoms with Crippen LogP contribution in [0.1, 0.15) is 17.9 Å². The third kappa shape index (κ3) is 2.52. The second kappa shape index (κ2) is 4.57. The molecule has 0 aliphatic heterocycles. The van der Waals surface area contributed by atoms with Crippen molar-refractivity contribution < 1.29 is 9.90 Å². The van der Waals surface area contributed by atoms with Crippen molar-refractivity contribution in [2.24, 2.45) is 5.73 Å². The van der Waals surface area contributed by atoms with Crippen LogP contribution in [0.3, 0.4) is 0 Å². The fourth-order valence-corrected chi connectivity index (χ4v) is 1.20. The van der Waals surface area contributed by atoms with E-state index < -0.39 is 11.9 Å². The summed E-state index contributed by atoms with van der Waals surface area (Å²) < 4.78 is 0. The topological polar surface area (TPSA) is 76.2 Å². The molecule has 0 aromatic carbocycles. The first kappa shape index (κ1) is 9.67. The molecule has 0 radical (unpaired) electrons. The van der Waals surface area contributed by atoms with Crippen molar-refractivity contribution in [2.45, 2.75) is 12.3 Å². The molecule has 70 valence electrons. The molecule has 4 nitrogen and oxygen atoms in total. The first-order chi connectivity index (χ1) is 6.25. The van der Waals surface area contributed by atoms with Crippen LogP contribution < -0.4 is 5.73 Å². The molecule has 1 aromatic rings. The highest BCUT2D eigenvalue weighted by Gasteiger charge is 2.17. The quantitative estimate of drug-likeness (QED) is 0.711. The molecule has 3 N–H and O–H groups in total. The molecule has 0 aliphatic carbocycles. The van der Waals surface area contributed by atoms with Crippen molar-refractivity contribution in [3.63, 3.8) is 0 Å². The Balaban J connectivity index is 2.82. The molecular formula is C9H12N2O2. The maximum Gasteiger partial charge on any atom is 0.311 e. The minimum Gasteiger partial charge on any atom is -0.481 e. The van der Waals surface area contributed by atoms with Crippen molar-refractivity contribution in [1.82, 2.24) is 4.98 Å². The number of carboxylic acids is 1. The van der Waals surface area contributed by atoms with Crippen LogP contribution in [-0.2, 0) is 4.79 Å². The molecule has 1 unspecified atom stereocenters. The zero-order chi connectivity index (χ0) is 9.68. The Labute approximate surface area is 76.4 Å². The van der Waals surface area contributed by atoms with Crippen LogP contribution in [0.25, 0.3) is 0 Å². The van der Waals surface area contributed by atoms with Gasteiger partial charge in [-0.15, -0.1) is 0 Å². The molecule has 1 rings (SSSR count). The van der Waals surface area contributed by atoms with Gasteiger partial charge in [-0.25, -0.2) is 0 Å². The van der Waals surface area contributed by atoms with Gasteiger partial charge in [-0.1, -0.05) is 0 Å². The fraction of sp³-hybridized carbons (Fsp3) is 0.333. The third-order valence-electron chi connectivity index (χ3n) is 1.86. The van der Waals surface area contributed by atoms with Gasteiger partial charge in [-0.3, -0.25) is 9.78 Å². The number of aromatic nitrogens is 1. The van der Waals surface area contributed by atoms with E-state index in [0.29, 0.717) is 13.0 Å². The van der Waals surface area contributed by atoms with Crippen LogP contribution >= 0.6 is 0 Å². The lowest BCUT2D eigenvalue weighted by Gasteiger charge is -2.10. The lowest BCUT2D eigenvalue weighted by atomic mass is 9.97. The molecule has 1 heterocycles. The lowest BCUT2D eigenvalue weighted by Crippen LogP contribution is -2.16. The van der Waals surface area contributed by atoms with Crippen molar-refractivity contribution in [1.29, 1.82) is 0 Å². The molecule has 0 saturated carbocycles. The highest BCUT2D eigenvalue weighted by molar-refractivity contribution is 5.75. The number of rotatable bonds is 4. The number of hydrogen-bond acceptors (Lipinski definition) is 3. The molecule has 0 bridgehead atoms. The van der Waals surface area contributed by atoms with Crippen molar-refractivity contribution in [2.75, 3.05) is 6.54 Å². The highest BCUT2D eigenvalue weighted by atomic mass is 16.4. The van der Waals surface area contributed by atoms with Gasteiger partial charge in [-0.2, -0.15) is 0 Å². The second-order valence-electron chi connectivity index (χ2n) is 2.75. The summed E-state index contributed by atoms with van der Waals surface area (Å²) >= 11 is 0. The predicted octanol–water partition coefficient (Wildman–Crippen LogP) is 0.599. The van der Waals surface area contributed by atoms with Crippen LogP contribution in [0, 0.1) is 0 Å². The SMILES string of the molecule is NCCC(C(=O)O)c1ccncc1. The first-order valence-electron chi connectivity index (χ1n) is 4.08. The van der Waals surface area contributed by atoms with Gasteiger partial charge in [0.25, 0.3) is 0 Å². The number of pyridine rings is 1. The van der Waals surface area contributed by atoms with Gasteiger partial charge in [0.15, 0.2) is 0 Å². The normalized spacial score (nSPS) is 12.4. The Bertz CT molecular complexity index is 274. The Morgan fingerprint density at radius 1 is 1.54 bits per heavy atom. The van der Waals surface area contributed by atoms with Gasteiger partial charge in [0.05, 0.1) is 5.92 Å². The van der Waals surface area contributed by atoms with E-state index in [1.807, 2.05) is 0 Å². The average Bonchev–Trinajstić information content (AvgIpc) is 2.15. The highest BCUT2D eigenvalue weighted by Crippen LogP contribution is 2.17. The van der Waals surface area contributed by atoms with Gasteiger partial charge < -0.3 is 10.8 Å². The number of aliphatic carboxylic acids is 1. The van der Waals surface area contributed by atoms with E-state index in [1.54, 1.807) is 24.5 Å². The van der Waals surface area contributed by atoms with E-state index in [-0.39, 0.29) is 0 Å². The second-order valence-corrected chi connectivity index (χ2v) is 2.75. The van der Waals surface area contributed by atoms with E-state index in [1.165, 1.54) is 0 Å². The average molecular weight is 180 g/mol. The Hall–Kier alpha value is -1.42. The van der Waals surface area contributed by atoms with Gasteiger partial charge in [0.1, 0.15) is 0 Å². The molecule has 4 heteroatoms. The van der Waals surface area contributed by atoms with Gasteiger partial charge in [0, 0.05) is 12.4 Å². The van der Waals surface area contributed by atoms with E-state index in [9.17, 15) is 4.79 Å². The summed E-state index contributed by atoms with van der Waals surface area (Å²) in [4.78, 5) is 14.6. The number of nitrogens with two attached hydrogens (primary N) is 1. The minimum absolute atomic E-state index is 0.374. The van der Waals surface area contributed by atoms with Crippen molar-refractivity contribution >= 4 is 5.97 Å². The van der Waals surface area contributed by atoms with Crippen LogP contribution in [-0.4, -0.2) is 22.6 Å². The molecule has 0 aliphatic rings. The Morgan fingerprint density at radius 3 is 2.62 bits per heavy atom. The van der Waals surface area contributed by atoms with Gasteiger partial charge in [0.2, 0.25) is 0 Å². The maximum atomic E-state index is 10.8. The summed E-state index contributed by atoms with van der Waals surface area (Å²) in [7, 11) is 0. The summed E-state index contributed by atoms with van der Waals surface area (Å²) in [6.07, 6.45) is 3.63. The van der Waals surface area contributed by atoms with Crippen molar-refractivity contribution in [3.05, 3.63) is 30.1 Å². The molecule has 0 spiro atoms. The summed E-state index contributed by atoms with van der Waals surface area (Å²) in [6, 6.07) is 3.41. The number of nitrogens with zero attached hydrogens (tertiary/aromatic N) is 1. The fourth-order valence-electron chi connectivity index (χ4n) is 1.20. The number of carbonyl (C=O) groups is 1. The lowest BCUT2D eigenvalue weighted by molar-refractivity contribution is -0.138. The van der Waals surface area contributed by atoms with E-state index >= 15 is 0 Å². The summed E-state index contributed by atoms with van der Waals surface area (Å²) in [5.74, 6) is -1.34. The molecule has 0 saturated heterocycles. The minimum atomic E-state index is -0.836. The van der Waals surface area contributed by atoms with Gasteiger partial charge in [-0.05, 0) is 30.7 Å². The number of carboxylic acid groups (broad SMARTS) is 1. The smallest absolute Gasteiger partial charge is 0.311 e. The monoisotopic (exact) mass is 180 g/mol. The van der Waals surface area contributed by atoms with Crippen LogP contribution in [0.15, 0.2) is 24.5 Å². The standard InChI is InChI=1S/C9H12N2O2/c10-4-1-8(9(12)13)7-2-5-11-6-3-7/h2-3,5-6,8H,1,4,10H2,(H,12,13). The summed E-state index contributed by atoms with van der Waals surface area (Å²) in [5, 5.41) is 8.88. The molecule has 13 heavy (non-hydrogen) atoms. The Kier molecular flexibility index (Phi) is 3.40. The largest absolute Gasteiger partial charge is 0.481 e. The zero-order valence-electron chi connectivity index (χ0n) is 7.18. The van der Waals surface area contributed by atoms with Crippen LogP contribution in [0.4, 0.5) is 0 Å². The van der Waals surface area contributed by atoms with Crippen LogP contribution in [0.2, 0.25) is 0 Å². The maximum absolute atomic E-state index is 10.8. The third-order valence-corrected chi connectivity index (χ3v) is 1.86. The van der Waals surface area contributed by atoms with Crippen LogP contribution in [0.5, 0.6) is 0 Å². The van der Waals surface area contributed by atoms with Gasteiger partial charge >= 0.3 is 5.97 Å². The molecule has 0 fully saturated rings. The van der Waals surface area contributed by atoms with Crippen molar-refractivity contribution in [3.8, 4) is 0 Å². The Morgan fingerprint density at radius 2 is 2.15 bits per heavy atom.